The Hall–Kier alpha value is -2.79. The van der Waals surface area contributed by atoms with E-state index in [-0.39, 0.29) is 5.56 Å². The fourth-order valence-electron chi connectivity index (χ4n) is 2.68. The number of hydrogen-bond acceptors (Lipinski definition) is 4. The highest BCUT2D eigenvalue weighted by Gasteiger charge is 2.08. The average Bonchev–Trinajstić information content (AvgIpc) is 3.05. The Morgan fingerprint density at radius 1 is 1.00 bits per heavy atom. The zero-order valence-corrected chi connectivity index (χ0v) is 13.7. The first-order chi connectivity index (χ1) is 11.8. The topological polar surface area (TPSA) is 47.8 Å². The molecular weight excluding hydrogens is 318 g/mol. The summed E-state index contributed by atoms with van der Waals surface area (Å²) >= 11 is 1.57. The first kappa shape index (κ1) is 14.8. The molecule has 118 valence electrons. The normalized spacial score (nSPS) is 11.0. The van der Waals surface area contributed by atoms with E-state index < -0.39 is 0 Å². The second-order valence-electron chi connectivity index (χ2n) is 5.59. The minimum absolute atomic E-state index is 0.0760. The zero-order chi connectivity index (χ0) is 16.4. The Kier molecular flexibility index (Phi) is 3.92. The van der Waals surface area contributed by atoms with Crippen LogP contribution in [-0.4, -0.2) is 14.8 Å². The third-order valence-corrected chi connectivity index (χ3v) is 4.76. The molecule has 0 spiro atoms. The van der Waals surface area contributed by atoms with Gasteiger partial charge in [-0.25, -0.2) is 9.67 Å². The van der Waals surface area contributed by atoms with Gasteiger partial charge in [-0.15, -0.1) is 11.3 Å². The Morgan fingerprint density at radius 2 is 1.79 bits per heavy atom. The number of aromatic nitrogens is 3. The number of benzene rings is 2. The molecule has 0 N–H and O–H groups in total. The molecule has 0 aliphatic rings. The molecule has 0 bridgehead atoms. The summed E-state index contributed by atoms with van der Waals surface area (Å²) in [6, 6.07) is 17.8. The van der Waals surface area contributed by atoms with Gasteiger partial charge in [-0.2, -0.15) is 5.10 Å². The van der Waals surface area contributed by atoms with Crippen molar-refractivity contribution in [1.82, 2.24) is 14.8 Å². The van der Waals surface area contributed by atoms with Crippen molar-refractivity contribution in [3.05, 3.63) is 92.8 Å². The lowest BCUT2D eigenvalue weighted by Gasteiger charge is -2.03. The number of thiazole rings is 1. The second kappa shape index (κ2) is 6.37. The maximum atomic E-state index is 12.5. The van der Waals surface area contributed by atoms with Gasteiger partial charge < -0.3 is 0 Å². The summed E-state index contributed by atoms with van der Waals surface area (Å²) in [5.41, 5.74) is 2.18. The number of fused-ring (bicyclic) bond motifs is 1. The highest BCUT2D eigenvalue weighted by atomic mass is 32.1. The zero-order valence-electron chi connectivity index (χ0n) is 12.9. The minimum Gasteiger partial charge on any atom is -0.267 e. The van der Waals surface area contributed by atoms with Crippen molar-refractivity contribution in [2.24, 2.45) is 0 Å². The predicted molar refractivity (Wildman–Crippen MR) is 96.5 cm³/mol. The summed E-state index contributed by atoms with van der Waals surface area (Å²) in [4.78, 5) is 17.1. The van der Waals surface area contributed by atoms with Gasteiger partial charge in [-0.1, -0.05) is 48.5 Å². The van der Waals surface area contributed by atoms with Crippen LogP contribution in [0.2, 0.25) is 0 Å². The van der Waals surface area contributed by atoms with Gasteiger partial charge in [-0.05, 0) is 11.6 Å². The molecule has 0 atom stereocenters. The van der Waals surface area contributed by atoms with E-state index in [2.05, 4.69) is 27.6 Å². The van der Waals surface area contributed by atoms with E-state index in [9.17, 15) is 4.79 Å². The van der Waals surface area contributed by atoms with Crippen LogP contribution >= 0.6 is 11.3 Å². The quantitative estimate of drug-likeness (QED) is 0.574. The summed E-state index contributed by atoms with van der Waals surface area (Å²) in [5, 5.41) is 8.76. The third kappa shape index (κ3) is 2.98. The largest absolute Gasteiger partial charge is 0.275 e. The lowest BCUT2D eigenvalue weighted by molar-refractivity contribution is 0.643. The lowest BCUT2D eigenvalue weighted by atomic mass is 10.1. The van der Waals surface area contributed by atoms with Crippen LogP contribution in [0.4, 0.5) is 0 Å². The van der Waals surface area contributed by atoms with Crippen molar-refractivity contribution < 1.29 is 0 Å². The van der Waals surface area contributed by atoms with Crippen molar-refractivity contribution in [2.45, 2.75) is 13.0 Å². The van der Waals surface area contributed by atoms with Crippen molar-refractivity contribution in [1.29, 1.82) is 0 Å². The molecule has 0 unspecified atom stereocenters. The van der Waals surface area contributed by atoms with Crippen LogP contribution in [-0.2, 0) is 13.0 Å². The molecule has 2 aromatic carbocycles. The predicted octanol–water partition coefficient (Wildman–Crippen LogP) is 3.49. The Bertz CT molecular complexity index is 1040. The van der Waals surface area contributed by atoms with Gasteiger partial charge in [0, 0.05) is 17.2 Å². The summed E-state index contributed by atoms with van der Waals surface area (Å²) in [7, 11) is 0. The van der Waals surface area contributed by atoms with Gasteiger partial charge in [0.1, 0.15) is 5.01 Å². The summed E-state index contributed by atoms with van der Waals surface area (Å²) in [5.74, 6) is 0. The monoisotopic (exact) mass is 333 g/mol. The fraction of sp³-hybridized carbons (Fsp3) is 0.105. The average molecular weight is 333 g/mol. The van der Waals surface area contributed by atoms with Crippen LogP contribution in [0.3, 0.4) is 0 Å². The number of nitrogens with zero attached hydrogens (tertiary/aromatic N) is 3. The molecule has 0 fully saturated rings. The van der Waals surface area contributed by atoms with Crippen LogP contribution in [0.5, 0.6) is 0 Å². The molecule has 2 heterocycles. The van der Waals surface area contributed by atoms with Crippen molar-refractivity contribution >= 4 is 22.1 Å². The molecule has 0 radical (unpaired) electrons. The molecule has 0 saturated carbocycles. The van der Waals surface area contributed by atoms with Crippen LogP contribution in [0.25, 0.3) is 10.8 Å². The summed E-state index contributed by atoms with van der Waals surface area (Å²) in [6.45, 7) is 0.406. The van der Waals surface area contributed by atoms with Crippen LogP contribution in [0, 0.1) is 0 Å². The first-order valence-corrected chi connectivity index (χ1v) is 8.59. The van der Waals surface area contributed by atoms with Crippen LogP contribution in [0.15, 0.2) is 71.0 Å². The van der Waals surface area contributed by atoms with E-state index in [0.29, 0.717) is 11.9 Å². The summed E-state index contributed by atoms with van der Waals surface area (Å²) < 4.78 is 1.48. The van der Waals surface area contributed by atoms with Crippen molar-refractivity contribution in [3.63, 3.8) is 0 Å². The first-order valence-electron chi connectivity index (χ1n) is 7.72. The highest BCUT2D eigenvalue weighted by Crippen LogP contribution is 2.15. The van der Waals surface area contributed by atoms with Crippen molar-refractivity contribution in [2.75, 3.05) is 0 Å². The van der Waals surface area contributed by atoms with Gasteiger partial charge in [-0.3, -0.25) is 4.79 Å². The molecule has 0 aliphatic heterocycles. The molecule has 0 amide bonds. The lowest BCUT2D eigenvalue weighted by Crippen LogP contribution is -2.23. The van der Waals surface area contributed by atoms with E-state index in [1.807, 2.05) is 42.5 Å². The van der Waals surface area contributed by atoms with E-state index in [0.717, 1.165) is 22.5 Å². The highest BCUT2D eigenvalue weighted by molar-refractivity contribution is 7.09. The molecule has 2 aromatic heterocycles. The van der Waals surface area contributed by atoms with Gasteiger partial charge in [0.2, 0.25) is 0 Å². The van der Waals surface area contributed by atoms with Crippen LogP contribution < -0.4 is 5.56 Å². The van der Waals surface area contributed by atoms with Gasteiger partial charge in [0.25, 0.3) is 5.56 Å². The Labute approximate surface area is 143 Å². The maximum Gasteiger partial charge on any atom is 0.275 e. The molecule has 4 nitrogen and oxygen atoms in total. The minimum atomic E-state index is -0.0760. The molecule has 0 saturated heterocycles. The number of hydrogen-bond donors (Lipinski definition) is 0. The standard InChI is InChI=1S/C19H15N3OS/c23-19-17-9-5-4-8-15(17)11-20-22(19)12-18-21-16(13-24-18)10-14-6-2-1-3-7-14/h1-9,11,13H,10,12H2. The molecule has 4 rings (SSSR count). The van der Waals surface area contributed by atoms with Crippen molar-refractivity contribution in [3.8, 4) is 0 Å². The Morgan fingerprint density at radius 3 is 2.67 bits per heavy atom. The molecule has 24 heavy (non-hydrogen) atoms. The fourth-order valence-corrected chi connectivity index (χ4v) is 3.45. The van der Waals surface area contributed by atoms with Gasteiger partial charge in [0.15, 0.2) is 0 Å². The van der Waals surface area contributed by atoms with E-state index in [1.54, 1.807) is 17.5 Å². The molecule has 4 aromatic rings. The second-order valence-corrected chi connectivity index (χ2v) is 6.53. The summed E-state index contributed by atoms with van der Waals surface area (Å²) in [6.07, 6.45) is 2.53. The SMILES string of the molecule is O=c1c2ccccc2cnn1Cc1nc(Cc2ccccc2)cs1. The Balaban J connectivity index is 1.58. The van der Waals surface area contributed by atoms with Crippen LogP contribution in [0.1, 0.15) is 16.3 Å². The smallest absolute Gasteiger partial charge is 0.267 e. The third-order valence-electron chi connectivity index (χ3n) is 3.87. The number of rotatable bonds is 4. The maximum absolute atomic E-state index is 12.5. The van der Waals surface area contributed by atoms with E-state index in [4.69, 9.17) is 0 Å². The molecule has 0 aliphatic carbocycles. The molecular formula is C19H15N3OS. The van der Waals surface area contributed by atoms with Gasteiger partial charge >= 0.3 is 0 Å². The van der Waals surface area contributed by atoms with E-state index in [1.165, 1.54) is 10.2 Å². The molecule has 5 heteroatoms. The van der Waals surface area contributed by atoms with E-state index >= 15 is 0 Å². The van der Waals surface area contributed by atoms with Gasteiger partial charge in [0.05, 0.1) is 23.8 Å².